The van der Waals surface area contributed by atoms with Crippen molar-refractivity contribution in [3.8, 4) is 0 Å². The largest absolute Gasteiger partial charge is 0.0839 e. The summed E-state index contributed by atoms with van der Waals surface area (Å²) in [6.07, 6.45) is 7.33. The van der Waals surface area contributed by atoms with Crippen LogP contribution in [-0.2, 0) is 0 Å². The molecule has 66 heavy (non-hydrogen) atoms. The first-order chi connectivity index (χ1) is 32.0. The van der Waals surface area contributed by atoms with E-state index in [0.29, 0.717) is 33.2 Å². The first-order valence-corrected chi connectivity index (χ1v) is 44.8. The second-order valence-electron chi connectivity index (χ2n) is 20.9. The molecule has 6 aromatic carbocycles. The Morgan fingerprint density at radius 1 is 0.212 bits per heavy atom. The zero-order chi connectivity index (χ0) is 47.4. The molecule has 1 aliphatic rings. The molecule has 6 unspecified atom stereocenters. The van der Waals surface area contributed by atoms with E-state index in [0.717, 1.165) is 0 Å². The van der Waals surface area contributed by atoms with E-state index < -0.39 is 42.7 Å². The molecule has 1 fully saturated rings. The molecule has 1 saturated heterocycles. The molecule has 348 valence electrons. The van der Waals surface area contributed by atoms with E-state index in [2.05, 4.69) is 265 Å². The van der Waals surface area contributed by atoms with Crippen molar-refractivity contribution in [2.75, 3.05) is 0 Å². The normalized spacial score (nSPS) is 29.3. The lowest BCUT2D eigenvalue weighted by atomic mass is 10.4. The molecule has 7 rings (SSSR count). The molecule has 0 radical (unpaired) electrons. The third-order valence-electron chi connectivity index (χ3n) is 19.2. The Kier molecular flexibility index (Phi) is 15.8. The summed E-state index contributed by atoms with van der Waals surface area (Å²) >= 11 is 0. The monoisotopic (exact) mass is 973 g/mol. The third kappa shape index (κ3) is 6.46. The van der Waals surface area contributed by atoms with Crippen LogP contribution < -0.4 is 31.1 Å². The van der Waals surface area contributed by atoms with Gasteiger partial charge in [0, 0.05) is 0 Å². The molecule has 0 bridgehead atoms. The Balaban J connectivity index is 2.17. The van der Waals surface area contributed by atoms with Crippen LogP contribution in [-0.4, -0.2) is 42.7 Å². The van der Waals surface area contributed by atoms with Crippen LogP contribution in [0.5, 0.6) is 0 Å². The number of rotatable bonds is 18. The Bertz CT molecular complexity index is 1950. The number of benzene rings is 6. The summed E-state index contributed by atoms with van der Waals surface area (Å²) in [4.78, 5) is 0. The van der Waals surface area contributed by atoms with Crippen molar-refractivity contribution < 1.29 is 0 Å². The van der Waals surface area contributed by atoms with Crippen molar-refractivity contribution in [1.82, 2.24) is 0 Å². The summed E-state index contributed by atoms with van der Waals surface area (Å²) in [5.41, 5.74) is 3.42. The highest BCUT2D eigenvalue weighted by molar-refractivity contribution is 8.22. The van der Waals surface area contributed by atoms with Gasteiger partial charge in [-0.05, 0) is 33.2 Å². The lowest BCUT2D eigenvalue weighted by Gasteiger charge is -2.85. The van der Waals surface area contributed by atoms with Gasteiger partial charge in [-0.3, -0.25) is 0 Å². The zero-order valence-corrected chi connectivity index (χ0v) is 49.0. The molecule has 0 spiro atoms. The molecule has 0 amide bonds. The molecular formula is C60H84Si6. The van der Waals surface area contributed by atoms with E-state index in [4.69, 9.17) is 0 Å². The SMILES string of the molecule is CCC(C)[Si]1(c2ccccc2)[Si](c2ccccc2)(C(C)CC)[Si](c2ccccc2)(C(C)CC)[Si](c2ccccc2)(C(C)CC)[Si](c2ccccc2)(C(C)CC)[Si]1(c1ccccc1)C(C)CC. The van der Waals surface area contributed by atoms with Crippen LogP contribution in [0.3, 0.4) is 0 Å². The Morgan fingerprint density at radius 3 is 0.409 bits per heavy atom. The van der Waals surface area contributed by atoms with Crippen LogP contribution in [0.15, 0.2) is 182 Å². The Morgan fingerprint density at radius 2 is 0.318 bits per heavy atom. The second-order valence-corrected chi connectivity index (χ2v) is 77.4. The van der Waals surface area contributed by atoms with Crippen molar-refractivity contribution in [3.63, 3.8) is 0 Å². The van der Waals surface area contributed by atoms with Gasteiger partial charge in [0.15, 0.2) is 0 Å². The molecule has 6 heteroatoms. The predicted octanol–water partition coefficient (Wildman–Crippen LogP) is 13.4. The van der Waals surface area contributed by atoms with Crippen LogP contribution in [0.25, 0.3) is 0 Å². The van der Waals surface area contributed by atoms with Gasteiger partial charge in [-0.15, -0.1) is 0 Å². The van der Waals surface area contributed by atoms with Crippen LogP contribution in [0.1, 0.15) is 122 Å². The molecular weight excluding hydrogens is 889 g/mol. The van der Waals surface area contributed by atoms with Crippen molar-refractivity contribution in [3.05, 3.63) is 182 Å². The summed E-state index contributed by atoms with van der Waals surface area (Å²) in [5.74, 6) is 0. The minimum atomic E-state index is -3.01. The molecule has 0 saturated carbocycles. The highest BCUT2D eigenvalue weighted by Crippen LogP contribution is 2.68. The van der Waals surface area contributed by atoms with Gasteiger partial charge < -0.3 is 0 Å². The first-order valence-electron chi connectivity index (χ1n) is 26.4. The first kappa shape index (κ1) is 50.5. The van der Waals surface area contributed by atoms with E-state index in [1.54, 1.807) is 0 Å². The molecule has 6 atom stereocenters. The van der Waals surface area contributed by atoms with Gasteiger partial charge in [0.2, 0.25) is 0 Å². The summed E-state index contributed by atoms with van der Waals surface area (Å²) in [6.45, 7) is 33.3. The molecule has 0 N–H and O–H groups in total. The van der Waals surface area contributed by atoms with Crippen molar-refractivity contribution >= 4 is 73.8 Å². The highest BCUT2D eigenvalue weighted by atomic mass is 30.2. The van der Waals surface area contributed by atoms with Crippen molar-refractivity contribution in [2.24, 2.45) is 0 Å². The van der Waals surface area contributed by atoms with E-state index in [9.17, 15) is 0 Å². The smallest absolute Gasteiger partial charge is 0.0654 e. The fourth-order valence-corrected chi connectivity index (χ4v) is 276. The molecule has 1 heterocycles. The average Bonchev–Trinajstić information content (AvgIpc) is 3.39. The van der Waals surface area contributed by atoms with E-state index in [1.165, 1.54) is 38.5 Å². The van der Waals surface area contributed by atoms with Crippen molar-refractivity contribution in [2.45, 2.75) is 155 Å². The fraction of sp³-hybridized carbons (Fsp3) is 0.400. The van der Waals surface area contributed by atoms with E-state index in [-0.39, 0.29) is 0 Å². The highest BCUT2D eigenvalue weighted by Gasteiger charge is 2.95. The second kappa shape index (κ2) is 20.7. The maximum Gasteiger partial charge on any atom is 0.0839 e. The summed E-state index contributed by atoms with van der Waals surface area (Å²) < 4.78 is 0. The fourth-order valence-electron chi connectivity index (χ4n) is 17.0. The number of hydrogen-bond donors (Lipinski definition) is 0. The Labute approximate surface area is 407 Å². The molecule has 0 aliphatic carbocycles. The standard InChI is InChI=1S/C60H84Si6/c1-13-49(7)61(55-37-25-19-26-38-55)62(50(8)14-2,56-39-27-20-28-40-56)64(52(10)16-4,58-43-31-22-32-44-58)66(54(12)18-6,60-47-35-24-36-48-60)65(53(11)17-5,59-45-33-23-34-46-59)63(61,51(9)15-3)57-41-29-21-30-42-57/h19-54H,13-18H2,1-12H3. The minimum absolute atomic E-state index is 0.570. The number of hydrogen-bond acceptors (Lipinski definition) is 0. The van der Waals surface area contributed by atoms with Gasteiger partial charge in [0.05, 0.1) is 42.7 Å². The van der Waals surface area contributed by atoms with E-state index >= 15 is 0 Å². The summed E-state index contributed by atoms with van der Waals surface area (Å²) in [6, 6.07) is 78.1. The molecule has 0 aromatic heterocycles. The average molecular weight is 974 g/mol. The van der Waals surface area contributed by atoms with Gasteiger partial charge in [-0.25, -0.2) is 0 Å². The molecule has 6 aromatic rings. The molecule has 0 nitrogen and oxygen atoms in total. The lowest BCUT2D eigenvalue weighted by molar-refractivity contribution is 0.809. The van der Waals surface area contributed by atoms with Crippen LogP contribution >= 0.6 is 0 Å². The van der Waals surface area contributed by atoms with Crippen LogP contribution in [0.4, 0.5) is 0 Å². The zero-order valence-electron chi connectivity index (χ0n) is 43.0. The van der Waals surface area contributed by atoms with Gasteiger partial charge in [0.25, 0.3) is 0 Å². The minimum Gasteiger partial charge on any atom is -0.0654 e. The van der Waals surface area contributed by atoms with Gasteiger partial charge >= 0.3 is 0 Å². The maximum atomic E-state index is 2.90. The summed E-state index contributed by atoms with van der Waals surface area (Å²) in [5, 5.41) is 11.1. The topological polar surface area (TPSA) is 0 Å². The van der Waals surface area contributed by atoms with Crippen molar-refractivity contribution in [1.29, 1.82) is 0 Å². The van der Waals surface area contributed by atoms with E-state index in [1.807, 2.05) is 31.1 Å². The summed E-state index contributed by atoms with van der Waals surface area (Å²) in [7, 11) is -18.1. The van der Waals surface area contributed by atoms with Gasteiger partial charge in [0.1, 0.15) is 0 Å². The van der Waals surface area contributed by atoms with Gasteiger partial charge in [-0.2, -0.15) is 0 Å². The quantitative estimate of drug-likeness (QED) is 0.0753. The Hall–Kier alpha value is -3.38. The third-order valence-corrected chi connectivity index (χ3v) is 152. The molecule has 1 aliphatic heterocycles. The lowest BCUT2D eigenvalue weighted by Crippen LogP contribution is -3.19. The predicted molar refractivity (Wildman–Crippen MR) is 309 cm³/mol. The van der Waals surface area contributed by atoms with Gasteiger partial charge in [-0.1, -0.05) is 335 Å². The maximum absolute atomic E-state index is 3.01. The van der Waals surface area contributed by atoms with Crippen LogP contribution in [0, 0.1) is 0 Å². The van der Waals surface area contributed by atoms with Crippen LogP contribution in [0.2, 0.25) is 33.2 Å².